The van der Waals surface area contributed by atoms with Crippen LogP contribution in [0, 0.1) is 0 Å². The Morgan fingerprint density at radius 3 is 2.75 bits per heavy atom. The normalized spacial score (nSPS) is 18.7. The van der Waals surface area contributed by atoms with Gasteiger partial charge in [-0.05, 0) is 24.1 Å². The van der Waals surface area contributed by atoms with Gasteiger partial charge in [-0.1, -0.05) is 13.0 Å². The lowest BCUT2D eigenvalue weighted by molar-refractivity contribution is -0.0952. The maximum Gasteiger partial charge on any atom is 0.231 e. The molecule has 0 spiro atoms. The molecule has 0 amide bonds. The lowest BCUT2D eigenvalue weighted by Crippen LogP contribution is -2.48. The van der Waals surface area contributed by atoms with E-state index in [1.807, 2.05) is 6.07 Å². The summed E-state index contributed by atoms with van der Waals surface area (Å²) in [7, 11) is 0. The average molecular weight is 278 g/mol. The minimum absolute atomic E-state index is 0.334. The Morgan fingerprint density at radius 1 is 1.15 bits per heavy atom. The molecule has 5 heteroatoms. The number of ether oxygens (including phenoxy) is 3. The summed E-state index contributed by atoms with van der Waals surface area (Å²) in [5.74, 6) is 1.71. The number of morpholine rings is 1. The van der Waals surface area contributed by atoms with Crippen molar-refractivity contribution < 1.29 is 14.2 Å². The second-order valence-electron chi connectivity index (χ2n) is 5.14. The number of rotatable bonds is 5. The van der Waals surface area contributed by atoms with Crippen LogP contribution in [0.15, 0.2) is 18.2 Å². The first-order chi connectivity index (χ1) is 9.86. The van der Waals surface area contributed by atoms with Gasteiger partial charge in [0.25, 0.3) is 0 Å². The molecule has 0 radical (unpaired) electrons. The number of nitrogens with zero attached hydrogens (tertiary/aromatic N) is 2. The molecule has 110 valence electrons. The van der Waals surface area contributed by atoms with Crippen LogP contribution in [-0.4, -0.2) is 49.7 Å². The zero-order valence-corrected chi connectivity index (χ0v) is 12.0. The van der Waals surface area contributed by atoms with E-state index in [1.54, 1.807) is 0 Å². The highest BCUT2D eigenvalue weighted by molar-refractivity contribution is 5.44. The lowest BCUT2D eigenvalue weighted by atomic mass is 10.2. The molecule has 0 unspecified atom stereocenters. The van der Waals surface area contributed by atoms with E-state index in [-0.39, 0.29) is 0 Å². The molecule has 1 saturated heterocycles. The second-order valence-corrected chi connectivity index (χ2v) is 5.14. The predicted octanol–water partition coefficient (Wildman–Crippen LogP) is 1.87. The second kappa shape index (κ2) is 6.43. The third-order valence-electron chi connectivity index (χ3n) is 3.67. The van der Waals surface area contributed by atoms with Gasteiger partial charge >= 0.3 is 0 Å². The molecule has 20 heavy (non-hydrogen) atoms. The van der Waals surface area contributed by atoms with E-state index in [9.17, 15) is 0 Å². The van der Waals surface area contributed by atoms with Crippen molar-refractivity contribution in [3.63, 3.8) is 0 Å². The van der Waals surface area contributed by atoms with Gasteiger partial charge in [-0.3, -0.25) is 0 Å². The molecule has 0 atom stereocenters. The molecule has 1 aromatic rings. The van der Waals surface area contributed by atoms with E-state index in [0.717, 1.165) is 57.3 Å². The monoisotopic (exact) mass is 278 g/mol. The molecule has 2 aliphatic rings. The van der Waals surface area contributed by atoms with Crippen LogP contribution in [0.25, 0.3) is 0 Å². The molecular weight excluding hydrogens is 256 g/mol. The number of hydrogen-bond donors (Lipinski definition) is 0. The summed E-state index contributed by atoms with van der Waals surface area (Å²) in [6.45, 7) is 8.12. The van der Waals surface area contributed by atoms with Crippen LogP contribution in [0.2, 0.25) is 0 Å². The van der Waals surface area contributed by atoms with Gasteiger partial charge in [0.05, 0.1) is 13.2 Å². The molecule has 0 bridgehead atoms. The van der Waals surface area contributed by atoms with Gasteiger partial charge in [-0.2, -0.15) is 0 Å². The molecule has 0 aliphatic carbocycles. The van der Waals surface area contributed by atoms with Crippen molar-refractivity contribution >= 4 is 0 Å². The summed E-state index contributed by atoms with van der Waals surface area (Å²) in [5.41, 5.74) is 1.26. The molecule has 1 aromatic carbocycles. The van der Waals surface area contributed by atoms with E-state index >= 15 is 0 Å². The summed E-state index contributed by atoms with van der Waals surface area (Å²) < 4.78 is 16.2. The number of fused-ring (bicyclic) bond motifs is 1. The predicted molar refractivity (Wildman–Crippen MR) is 75.7 cm³/mol. The van der Waals surface area contributed by atoms with E-state index < -0.39 is 0 Å². The Labute approximate surface area is 120 Å². The standard InChI is InChI=1S/C15H22N2O3/c1-2-5-17(16-6-8-18-9-7-16)11-13-3-4-14-15(10-13)20-12-19-14/h3-4,10H,2,5-9,11-12H2,1H3. The third-order valence-corrected chi connectivity index (χ3v) is 3.67. The van der Waals surface area contributed by atoms with Crippen molar-refractivity contribution in [2.45, 2.75) is 19.9 Å². The highest BCUT2D eigenvalue weighted by atomic mass is 16.7. The first-order valence-corrected chi connectivity index (χ1v) is 7.33. The summed E-state index contributed by atoms with van der Waals surface area (Å²) in [6, 6.07) is 6.21. The van der Waals surface area contributed by atoms with Gasteiger partial charge < -0.3 is 14.2 Å². The van der Waals surface area contributed by atoms with Gasteiger partial charge in [0, 0.05) is 26.2 Å². The van der Waals surface area contributed by atoms with Crippen LogP contribution < -0.4 is 9.47 Å². The summed E-state index contributed by atoms with van der Waals surface area (Å²) >= 11 is 0. The van der Waals surface area contributed by atoms with Crippen LogP contribution in [0.4, 0.5) is 0 Å². The van der Waals surface area contributed by atoms with Crippen molar-refractivity contribution in [3.8, 4) is 11.5 Å². The summed E-state index contributed by atoms with van der Waals surface area (Å²) in [4.78, 5) is 0. The lowest BCUT2D eigenvalue weighted by Gasteiger charge is -2.37. The van der Waals surface area contributed by atoms with E-state index in [4.69, 9.17) is 14.2 Å². The minimum Gasteiger partial charge on any atom is -0.454 e. The molecule has 0 N–H and O–H groups in total. The maximum atomic E-state index is 5.45. The fraction of sp³-hybridized carbons (Fsp3) is 0.600. The third kappa shape index (κ3) is 3.06. The number of hydrazine groups is 1. The maximum absolute atomic E-state index is 5.45. The van der Waals surface area contributed by atoms with Gasteiger partial charge in [0.1, 0.15) is 0 Å². The molecule has 2 aliphatic heterocycles. The highest BCUT2D eigenvalue weighted by Crippen LogP contribution is 2.32. The van der Waals surface area contributed by atoms with Crippen molar-refractivity contribution in [1.29, 1.82) is 0 Å². The van der Waals surface area contributed by atoms with Crippen LogP contribution in [0.1, 0.15) is 18.9 Å². The van der Waals surface area contributed by atoms with Crippen LogP contribution >= 0.6 is 0 Å². The molecule has 3 rings (SSSR count). The number of hydrogen-bond acceptors (Lipinski definition) is 5. The van der Waals surface area contributed by atoms with E-state index in [2.05, 4.69) is 29.1 Å². The fourth-order valence-electron chi connectivity index (χ4n) is 2.67. The van der Waals surface area contributed by atoms with Crippen LogP contribution in [0.3, 0.4) is 0 Å². The fourth-order valence-corrected chi connectivity index (χ4v) is 2.67. The zero-order chi connectivity index (χ0) is 13.8. The number of benzene rings is 1. The van der Waals surface area contributed by atoms with Crippen molar-refractivity contribution in [1.82, 2.24) is 10.0 Å². The molecule has 5 nitrogen and oxygen atoms in total. The first-order valence-electron chi connectivity index (χ1n) is 7.33. The Hall–Kier alpha value is -1.30. The minimum atomic E-state index is 0.334. The Kier molecular flexibility index (Phi) is 4.40. The molecule has 0 saturated carbocycles. The molecule has 2 heterocycles. The van der Waals surface area contributed by atoms with Gasteiger partial charge in [0.2, 0.25) is 6.79 Å². The summed E-state index contributed by atoms with van der Waals surface area (Å²) in [5, 5.41) is 4.82. The highest BCUT2D eigenvalue weighted by Gasteiger charge is 2.19. The molecular formula is C15H22N2O3. The van der Waals surface area contributed by atoms with E-state index in [0.29, 0.717) is 6.79 Å². The van der Waals surface area contributed by atoms with Gasteiger partial charge in [0.15, 0.2) is 11.5 Å². The van der Waals surface area contributed by atoms with Gasteiger partial charge in [-0.25, -0.2) is 10.0 Å². The quantitative estimate of drug-likeness (QED) is 0.821. The topological polar surface area (TPSA) is 34.2 Å². The Morgan fingerprint density at radius 2 is 1.95 bits per heavy atom. The van der Waals surface area contributed by atoms with Crippen molar-refractivity contribution in [3.05, 3.63) is 23.8 Å². The molecule has 0 aromatic heterocycles. The first kappa shape index (κ1) is 13.7. The van der Waals surface area contributed by atoms with Crippen LogP contribution in [-0.2, 0) is 11.3 Å². The smallest absolute Gasteiger partial charge is 0.231 e. The average Bonchev–Trinajstić information content (AvgIpc) is 2.95. The van der Waals surface area contributed by atoms with Crippen molar-refractivity contribution in [2.75, 3.05) is 39.6 Å². The summed E-state index contributed by atoms with van der Waals surface area (Å²) in [6.07, 6.45) is 1.14. The largest absolute Gasteiger partial charge is 0.454 e. The SMILES string of the molecule is CCCN(Cc1ccc2c(c1)OCO2)N1CCOCC1. The zero-order valence-electron chi connectivity index (χ0n) is 12.0. The van der Waals surface area contributed by atoms with Crippen molar-refractivity contribution in [2.24, 2.45) is 0 Å². The van der Waals surface area contributed by atoms with E-state index in [1.165, 1.54) is 5.56 Å². The van der Waals surface area contributed by atoms with Crippen LogP contribution in [0.5, 0.6) is 11.5 Å². The molecule has 1 fully saturated rings. The Balaban J connectivity index is 1.68. The Bertz CT molecular complexity index is 447. The van der Waals surface area contributed by atoms with Gasteiger partial charge in [-0.15, -0.1) is 0 Å².